The first-order valence-corrected chi connectivity index (χ1v) is 7.27. The molecule has 0 spiro atoms. The van der Waals surface area contributed by atoms with Gasteiger partial charge in [-0.2, -0.15) is 0 Å². The minimum Gasteiger partial charge on any atom is -0.345 e. The van der Waals surface area contributed by atoms with E-state index in [0.717, 1.165) is 25.9 Å². The summed E-state index contributed by atoms with van der Waals surface area (Å²) in [5, 5.41) is 2.81. The van der Waals surface area contributed by atoms with Crippen LogP contribution in [0.15, 0.2) is 0 Å². The quantitative estimate of drug-likeness (QED) is 0.853. The van der Waals surface area contributed by atoms with Crippen LogP contribution in [-0.2, 0) is 9.59 Å². The molecule has 0 aromatic rings. The molecule has 0 radical (unpaired) electrons. The van der Waals surface area contributed by atoms with E-state index in [9.17, 15) is 9.59 Å². The SMILES string of the molecule is CC1CCN(C(=O)C(C)NC(=O)CC(C)(C)C)CC1. The number of rotatable bonds is 3. The van der Waals surface area contributed by atoms with Crippen molar-refractivity contribution in [1.29, 1.82) is 0 Å². The molecule has 1 aliphatic heterocycles. The summed E-state index contributed by atoms with van der Waals surface area (Å²) in [7, 11) is 0. The van der Waals surface area contributed by atoms with Crippen molar-refractivity contribution in [3.63, 3.8) is 0 Å². The highest BCUT2D eigenvalue weighted by molar-refractivity contribution is 5.87. The molecule has 1 N–H and O–H groups in total. The summed E-state index contributed by atoms with van der Waals surface area (Å²) >= 11 is 0. The van der Waals surface area contributed by atoms with Gasteiger partial charge < -0.3 is 10.2 Å². The van der Waals surface area contributed by atoms with Gasteiger partial charge in [-0.1, -0.05) is 27.7 Å². The van der Waals surface area contributed by atoms with E-state index < -0.39 is 6.04 Å². The van der Waals surface area contributed by atoms with Gasteiger partial charge >= 0.3 is 0 Å². The monoisotopic (exact) mass is 268 g/mol. The van der Waals surface area contributed by atoms with Crippen molar-refractivity contribution in [1.82, 2.24) is 10.2 Å². The number of nitrogens with one attached hydrogen (secondary N) is 1. The summed E-state index contributed by atoms with van der Waals surface area (Å²) in [4.78, 5) is 25.9. The molecule has 4 heteroatoms. The molecule has 1 fully saturated rings. The lowest BCUT2D eigenvalue weighted by Gasteiger charge is -2.32. The molecule has 1 unspecified atom stereocenters. The average molecular weight is 268 g/mol. The first-order valence-electron chi connectivity index (χ1n) is 7.27. The van der Waals surface area contributed by atoms with Gasteiger partial charge in [0, 0.05) is 19.5 Å². The standard InChI is InChI=1S/C15H28N2O2/c1-11-6-8-17(9-7-11)14(19)12(2)16-13(18)10-15(3,4)5/h11-12H,6-10H2,1-5H3,(H,16,18). The highest BCUT2D eigenvalue weighted by atomic mass is 16.2. The van der Waals surface area contributed by atoms with Gasteiger partial charge in [-0.3, -0.25) is 9.59 Å². The van der Waals surface area contributed by atoms with Crippen LogP contribution >= 0.6 is 0 Å². The van der Waals surface area contributed by atoms with Crippen LogP contribution in [-0.4, -0.2) is 35.8 Å². The van der Waals surface area contributed by atoms with E-state index >= 15 is 0 Å². The molecule has 1 rings (SSSR count). The minimum atomic E-state index is -0.414. The summed E-state index contributed by atoms with van der Waals surface area (Å²) in [6.07, 6.45) is 2.57. The smallest absolute Gasteiger partial charge is 0.244 e. The number of hydrogen-bond donors (Lipinski definition) is 1. The number of amides is 2. The van der Waals surface area contributed by atoms with Crippen LogP contribution in [0.3, 0.4) is 0 Å². The number of hydrogen-bond acceptors (Lipinski definition) is 2. The Hall–Kier alpha value is -1.06. The number of carbonyl (C=O) groups is 2. The molecule has 4 nitrogen and oxygen atoms in total. The van der Waals surface area contributed by atoms with E-state index in [2.05, 4.69) is 12.2 Å². The van der Waals surface area contributed by atoms with Crippen LogP contribution in [0.2, 0.25) is 0 Å². The predicted molar refractivity (Wildman–Crippen MR) is 76.7 cm³/mol. The fourth-order valence-corrected chi connectivity index (χ4v) is 2.34. The fraction of sp³-hybridized carbons (Fsp3) is 0.867. The molecule has 0 bridgehead atoms. The summed E-state index contributed by atoms with van der Waals surface area (Å²) < 4.78 is 0. The summed E-state index contributed by atoms with van der Waals surface area (Å²) in [6.45, 7) is 11.7. The van der Waals surface area contributed by atoms with Crippen LogP contribution < -0.4 is 5.32 Å². The van der Waals surface area contributed by atoms with Crippen molar-refractivity contribution in [2.75, 3.05) is 13.1 Å². The zero-order valence-electron chi connectivity index (χ0n) is 13.0. The van der Waals surface area contributed by atoms with Crippen molar-refractivity contribution >= 4 is 11.8 Å². The molecule has 0 aromatic heterocycles. The van der Waals surface area contributed by atoms with Crippen molar-refractivity contribution in [2.24, 2.45) is 11.3 Å². The molecule has 1 aliphatic rings. The van der Waals surface area contributed by atoms with Gasteiger partial charge in [0.05, 0.1) is 0 Å². The van der Waals surface area contributed by atoms with E-state index in [4.69, 9.17) is 0 Å². The second-order valence-corrected chi connectivity index (χ2v) is 7.03. The van der Waals surface area contributed by atoms with E-state index in [0.29, 0.717) is 12.3 Å². The third-order valence-electron chi connectivity index (χ3n) is 3.53. The predicted octanol–water partition coefficient (Wildman–Crippen LogP) is 2.19. The van der Waals surface area contributed by atoms with Crippen LogP contribution in [0.4, 0.5) is 0 Å². The zero-order valence-corrected chi connectivity index (χ0v) is 13.0. The molecule has 2 amide bonds. The molecular weight excluding hydrogens is 240 g/mol. The molecule has 19 heavy (non-hydrogen) atoms. The first kappa shape index (κ1) is 16.0. The molecule has 0 saturated carbocycles. The third-order valence-corrected chi connectivity index (χ3v) is 3.53. The van der Waals surface area contributed by atoms with Gasteiger partial charge in [0.2, 0.25) is 11.8 Å². The van der Waals surface area contributed by atoms with Crippen molar-refractivity contribution in [2.45, 2.75) is 59.9 Å². The second-order valence-electron chi connectivity index (χ2n) is 7.03. The van der Waals surface area contributed by atoms with E-state index in [1.807, 2.05) is 25.7 Å². The fourth-order valence-electron chi connectivity index (χ4n) is 2.34. The Labute approximate surface area is 116 Å². The summed E-state index contributed by atoms with van der Waals surface area (Å²) in [5.41, 5.74) is -0.0482. The Morgan fingerprint density at radius 3 is 2.26 bits per heavy atom. The molecule has 0 aromatic carbocycles. The van der Waals surface area contributed by atoms with Crippen LogP contribution in [0.1, 0.15) is 53.9 Å². The molecular formula is C15H28N2O2. The lowest BCUT2D eigenvalue weighted by molar-refractivity contribution is -0.137. The lowest BCUT2D eigenvalue weighted by atomic mass is 9.92. The normalized spacial score (nSPS) is 19.1. The first-order chi connectivity index (χ1) is 8.69. The molecule has 110 valence electrons. The Bertz CT molecular complexity index is 326. The molecule has 1 saturated heterocycles. The van der Waals surface area contributed by atoms with Crippen LogP contribution in [0.25, 0.3) is 0 Å². The maximum Gasteiger partial charge on any atom is 0.244 e. The molecule has 0 aliphatic carbocycles. The lowest BCUT2D eigenvalue weighted by Crippen LogP contribution is -2.49. The van der Waals surface area contributed by atoms with Crippen LogP contribution in [0, 0.1) is 11.3 Å². The number of likely N-dealkylation sites (tertiary alicyclic amines) is 1. The maximum absolute atomic E-state index is 12.2. The second kappa shape index (κ2) is 6.40. The van der Waals surface area contributed by atoms with Gasteiger partial charge in [0.25, 0.3) is 0 Å². The van der Waals surface area contributed by atoms with E-state index in [1.54, 1.807) is 6.92 Å². The van der Waals surface area contributed by atoms with Gasteiger partial charge in [0.15, 0.2) is 0 Å². The van der Waals surface area contributed by atoms with Gasteiger partial charge in [-0.05, 0) is 31.1 Å². The third kappa shape index (κ3) is 5.62. The highest BCUT2D eigenvalue weighted by Crippen LogP contribution is 2.19. The van der Waals surface area contributed by atoms with Crippen LogP contribution in [0.5, 0.6) is 0 Å². The van der Waals surface area contributed by atoms with E-state index in [-0.39, 0.29) is 17.2 Å². The maximum atomic E-state index is 12.2. The largest absolute Gasteiger partial charge is 0.345 e. The van der Waals surface area contributed by atoms with E-state index in [1.165, 1.54) is 0 Å². The van der Waals surface area contributed by atoms with Crippen molar-refractivity contribution < 1.29 is 9.59 Å². The number of piperidine rings is 1. The van der Waals surface area contributed by atoms with Gasteiger partial charge in [-0.15, -0.1) is 0 Å². The Morgan fingerprint density at radius 1 is 1.26 bits per heavy atom. The van der Waals surface area contributed by atoms with Crippen molar-refractivity contribution in [3.05, 3.63) is 0 Å². The Morgan fingerprint density at radius 2 is 1.79 bits per heavy atom. The Kier molecular flexibility index (Phi) is 5.39. The van der Waals surface area contributed by atoms with Gasteiger partial charge in [0.1, 0.15) is 6.04 Å². The highest BCUT2D eigenvalue weighted by Gasteiger charge is 2.26. The van der Waals surface area contributed by atoms with Crippen molar-refractivity contribution in [3.8, 4) is 0 Å². The summed E-state index contributed by atoms with van der Waals surface area (Å²) in [6, 6.07) is -0.414. The Balaban J connectivity index is 2.42. The summed E-state index contributed by atoms with van der Waals surface area (Å²) in [5.74, 6) is 0.711. The number of carbonyl (C=O) groups excluding carboxylic acids is 2. The number of nitrogens with zero attached hydrogens (tertiary/aromatic N) is 1. The molecule has 1 atom stereocenters. The minimum absolute atomic E-state index is 0.0428. The average Bonchev–Trinajstić information content (AvgIpc) is 2.26. The molecule has 1 heterocycles. The zero-order chi connectivity index (χ0) is 14.6. The van der Waals surface area contributed by atoms with Gasteiger partial charge in [-0.25, -0.2) is 0 Å². The topological polar surface area (TPSA) is 49.4 Å².